The summed E-state index contributed by atoms with van der Waals surface area (Å²) in [6, 6.07) is 0. The van der Waals surface area contributed by atoms with E-state index in [-0.39, 0.29) is 11.7 Å². The van der Waals surface area contributed by atoms with E-state index in [1.165, 1.54) is 18.8 Å². The Bertz CT molecular complexity index is 509. The third kappa shape index (κ3) is 3.05. The Hall–Kier alpha value is -1.03. The number of methoxy groups -OCH3 is 2. The van der Waals surface area contributed by atoms with Gasteiger partial charge in [0.05, 0.1) is 13.2 Å². The minimum Gasteiger partial charge on any atom is -0.383 e. The molecule has 9 heteroatoms. The van der Waals surface area contributed by atoms with Crippen LogP contribution in [-0.4, -0.2) is 44.0 Å². The fourth-order valence-electron chi connectivity index (χ4n) is 1.42. The van der Waals surface area contributed by atoms with Crippen LogP contribution in [0.15, 0.2) is 5.16 Å². The van der Waals surface area contributed by atoms with Gasteiger partial charge in [-0.3, -0.25) is 4.57 Å². The van der Waals surface area contributed by atoms with Crippen molar-refractivity contribution < 1.29 is 17.9 Å². The topological polar surface area (TPSA) is 109 Å². The Morgan fingerprint density at radius 3 is 2.39 bits per heavy atom. The number of rotatable bonds is 6. The Labute approximate surface area is 106 Å². The molecule has 1 aromatic rings. The van der Waals surface area contributed by atoms with Crippen LogP contribution in [0.2, 0.25) is 0 Å². The number of hydrogen-bond donors (Lipinski definition) is 1. The summed E-state index contributed by atoms with van der Waals surface area (Å²) in [7, 11) is -0.911. The fraction of sp³-hybridized carbons (Fsp3) is 0.778. The molecule has 0 aliphatic heterocycles. The van der Waals surface area contributed by atoms with Crippen molar-refractivity contribution in [3.8, 4) is 0 Å². The maximum atomic E-state index is 11.4. The van der Waals surface area contributed by atoms with Crippen LogP contribution < -0.4 is 5.14 Å². The molecule has 104 valence electrons. The lowest BCUT2D eigenvalue weighted by atomic mass is 10.1. The van der Waals surface area contributed by atoms with E-state index in [0.717, 1.165) is 0 Å². The van der Waals surface area contributed by atoms with Gasteiger partial charge in [0.25, 0.3) is 15.2 Å². The summed E-state index contributed by atoms with van der Waals surface area (Å²) in [6.45, 7) is 4.10. The molecule has 1 heterocycles. The van der Waals surface area contributed by atoms with Gasteiger partial charge < -0.3 is 9.47 Å². The summed E-state index contributed by atoms with van der Waals surface area (Å²) >= 11 is 0. The Balaban J connectivity index is 3.33. The summed E-state index contributed by atoms with van der Waals surface area (Å²) in [4.78, 5) is 0. The van der Waals surface area contributed by atoms with Gasteiger partial charge in [0.15, 0.2) is 5.82 Å². The van der Waals surface area contributed by atoms with E-state index in [0.29, 0.717) is 12.4 Å². The van der Waals surface area contributed by atoms with E-state index < -0.39 is 15.6 Å². The highest BCUT2D eigenvalue weighted by atomic mass is 32.2. The van der Waals surface area contributed by atoms with Gasteiger partial charge in [-0.1, -0.05) is 0 Å². The number of nitrogens with two attached hydrogens (primary N) is 1. The third-order valence-corrected chi connectivity index (χ3v) is 3.35. The second kappa shape index (κ2) is 5.31. The SMILES string of the molecule is COCCn1c(C(C)(C)OC)nnc1S(N)(=O)=O. The summed E-state index contributed by atoms with van der Waals surface area (Å²) in [5, 5.41) is 12.3. The molecule has 0 aliphatic rings. The summed E-state index contributed by atoms with van der Waals surface area (Å²) in [5.41, 5.74) is -0.774. The molecule has 1 rings (SSSR count). The number of aromatic nitrogens is 3. The van der Waals surface area contributed by atoms with Gasteiger partial charge in [0, 0.05) is 14.2 Å². The average molecular weight is 278 g/mol. The molecule has 0 saturated carbocycles. The van der Waals surface area contributed by atoms with Gasteiger partial charge in [0.2, 0.25) is 0 Å². The molecule has 0 bridgehead atoms. The zero-order chi connectivity index (χ0) is 14.0. The highest BCUT2D eigenvalue weighted by molar-refractivity contribution is 7.89. The molecule has 0 unspecified atom stereocenters. The van der Waals surface area contributed by atoms with Gasteiger partial charge in [-0.05, 0) is 13.8 Å². The standard InChI is InChI=1S/C9H18N4O4S/c1-9(2,17-4)7-11-12-8(18(10,14)15)13(7)5-6-16-3/h5-6H2,1-4H3,(H2,10,14,15). The quantitative estimate of drug-likeness (QED) is 0.748. The smallest absolute Gasteiger partial charge is 0.273 e. The number of sulfonamides is 1. The van der Waals surface area contributed by atoms with Gasteiger partial charge in [0.1, 0.15) is 5.60 Å². The van der Waals surface area contributed by atoms with Crippen LogP contribution in [0.3, 0.4) is 0 Å². The second-order valence-electron chi connectivity index (χ2n) is 4.21. The first kappa shape index (κ1) is 15.0. The van der Waals surface area contributed by atoms with Crippen molar-refractivity contribution in [2.24, 2.45) is 5.14 Å². The lowest BCUT2D eigenvalue weighted by Gasteiger charge is -2.22. The highest BCUT2D eigenvalue weighted by Gasteiger charge is 2.31. The summed E-state index contributed by atoms with van der Waals surface area (Å²) < 4.78 is 34.4. The molecular weight excluding hydrogens is 260 g/mol. The van der Waals surface area contributed by atoms with E-state index >= 15 is 0 Å². The van der Waals surface area contributed by atoms with Crippen LogP contribution in [0, 0.1) is 0 Å². The average Bonchev–Trinajstić information content (AvgIpc) is 2.70. The number of hydrogen-bond acceptors (Lipinski definition) is 6. The normalized spacial score (nSPS) is 12.9. The molecule has 18 heavy (non-hydrogen) atoms. The molecule has 1 aromatic heterocycles. The second-order valence-corrected chi connectivity index (χ2v) is 5.67. The lowest BCUT2D eigenvalue weighted by Crippen LogP contribution is -2.28. The highest BCUT2D eigenvalue weighted by Crippen LogP contribution is 2.23. The lowest BCUT2D eigenvalue weighted by molar-refractivity contribution is 0.00685. The molecule has 0 radical (unpaired) electrons. The van der Waals surface area contributed by atoms with Gasteiger partial charge in [-0.15, -0.1) is 10.2 Å². The number of nitrogens with zero attached hydrogens (tertiary/aromatic N) is 3. The largest absolute Gasteiger partial charge is 0.383 e. The van der Waals surface area contributed by atoms with Crippen LogP contribution in [0.4, 0.5) is 0 Å². The van der Waals surface area contributed by atoms with E-state index in [4.69, 9.17) is 14.6 Å². The first-order valence-corrected chi connectivity index (χ1v) is 6.79. The fourth-order valence-corrected chi connectivity index (χ4v) is 2.06. The van der Waals surface area contributed by atoms with Crippen LogP contribution in [0.25, 0.3) is 0 Å². The van der Waals surface area contributed by atoms with Crippen molar-refractivity contribution in [2.75, 3.05) is 20.8 Å². The van der Waals surface area contributed by atoms with Crippen molar-refractivity contribution in [1.82, 2.24) is 14.8 Å². The van der Waals surface area contributed by atoms with Crippen LogP contribution >= 0.6 is 0 Å². The summed E-state index contributed by atoms with van der Waals surface area (Å²) in [6.07, 6.45) is 0. The van der Waals surface area contributed by atoms with E-state index in [2.05, 4.69) is 10.2 Å². The zero-order valence-corrected chi connectivity index (χ0v) is 11.7. The van der Waals surface area contributed by atoms with Crippen molar-refractivity contribution in [3.63, 3.8) is 0 Å². The van der Waals surface area contributed by atoms with Crippen molar-refractivity contribution in [3.05, 3.63) is 5.82 Å². The molecule has 2 N–H and O–H groups in total. The maximum Gasteiger partial charge on any atom is 0.273 e. The van der Waals surface area contributed by atoms with Crippen LogP contribution in [-0.2, 0) is 31.6 Å². The minimum atomic E-state index is -3.93. The van der Waals surface area contributed by atoms with Crippen molar-refractivity contribution >= 4 is 10.0 Å². The minimum absolute atomic E-state index is 0.275. The van der Waals surface area contributed by atoms with Gasteiger partial charge >= 0.3 is 0 Å². The predicted molar refractivity (Wildman–Crippen MR) is 63.3 cm³/mol. The maximum absolute atomic E-state index is 11.4. The molecule has 0 atom stereocenters. The molecule has 0 fully saturated rings. The monoisotopic (exact) mass is 278 g/mol. The first-order chi connectivity index (χ1) is 8.24. The van der Waals surface area contributed by atoms with E-state index in [1.54, 1.807) is 13.8 Å². The van der Waals surface area contributed by atoms with E-state index in [1.807, 2.05) is 0 Å². The molecule has 0 saturated heterocycles. The molecule has 0 aromatic carbocycles. The zero-order valence-electron chi connectivity index (χ0n) is 10.9. The van der Waals surface area contributed by atoms with Gasteiger partial charge in [-0.2, -0.15) is 0 Å². The Morgan fingerprint density at radius 2 is 1.94 bits per heavy atom. The molecule has 0 amide bonds. The Kier molecular flexibility index (Phi) is 4.43. The third-order valence-electron chi connectivity index (χ3n) is 2.54. The number of primary sulfonamides is 1. The van der Waals surface area contributed by atoms with Crippen LogP contribution in [0.5, 0.6) is 0 Å². The molecule has 0 spiro atoms. The molecule has 8 nitrogen and oxygen atoms in total. The van der Waals surface area contributed by atoms with Crippen molar-refractivity contribution in [2.45, 2.75) is 31.1 Å². The first-order valence-electron chi connectivity index (χ1n) is 5.24. The van der Waals surface area contributed by atoms with Crippen molar-refractivity contribution in [1.29, 1.82) is 0 Å². The predicted octanol–water partition coefficient (Wildman–Crippen LogP) is -0.547. The van der Waals surface area contributed by atoms with E-state index in [9.17, 15) is 8.42 Å². The van der Waals surface area contributed by atoms with Gasteiger partial charge in [-0.25, -0.2) is 13.6 Å². The number of ether oxygens (including phenoxy) is 2. The summed E-state index contributed by atoms with van der Waals surface area (Å²) in [5.74, 6) is 0.381. The molecule has 0 aliphatic carbocycles. The Morgan fingerprint density at radius 1 is 1.33 bits per heavy atom. The molecular formula is C9H18N4O4S. The van der Waals surface area contributed by atoms with Crippen LogP contribution in [0.1, 0.15) is 19.7 Å².